The lowest BCUT2D eigenvalue weighted by Crippen LogP contribution is -2.44. The second kappa shape index (κ2) is 5.32. The number of hydrogen-bond donors (Lipinski definition) is 1. The zero-order chi connectivity index (χ0) is 10.6. The van der Waals surface area contributed by atoms with Crippen molar-refractivity contribution in [1.82, 2.24) is 15.1 Å². The van der Waals surface area contributed by atoms with Crippen LogP contribution >= 0.6 is 0 Å². The average molecular weight is 199 g/mol. The molecule has 4 nitrogen and oxygen atoms in total. The minimum atomic E-state index is 0.123. The highest BCUT2D eigenvalue weighted by Gasteiger charge is 2.30. The van der Waals surface area contributed by atoms with Gasteiger partial charge < -0.3 is 10.2 Å². The van der Waals surface area contributed by atoms with Crippen LogP contribution in [-0.2, 0) is 4.79 Å². The number of nitrogens with zero attached hydrogens (tertiary/aromatic N) is 2. The van der Waals surface area contributed by atoms with E-state index in [0.29, 0.717) is 0 Å². The molecule has 1 atom stereocenters. The van der Waals surface area contributed by atoms with Crippen LogP contribution in [0.2, 0.25) is 0 Å². The van der Waals surface area contributed by atoms with Crippen molar-refractivity contribution < 1.29 is 4.79 Å². The molecule has 0 aromatic rings. The summed E-state index contributed by atoms with van der Waals surface area (Å²) >= 11 is 0. The van der Waals surface area contributed by atoms with Gasteiger partial charge in [-0.3, -0.25) is 9.69 Å². The van der Waals surface area contributed by atoms with Gasteiger partial charge in [0.1, 0.15) is 0 Å². The first kappa shape index (κ1) is 11.5. The van der Waals surface area contributed by atoms with Crippen molar-refractivity contribution in [2.24, 2.45) is 0 Å². The Morgan fingerprint density at radius 2 is 2.29 bits per heavy atom. The zero-order valence-corrected chi connectivity index (χ0v) is 9.42. The smallest absolute Gasteiger partial charge is 0.239 e. The summed E-state index contributed by atoms with van der Waals surface area (Å²) in [4.78, 5) is 15.8. The van der Waals surface area contributed by atoms with Crippen LogP contribution in [0.5, 0.6) is 0 Å². The monoisotopic (exact) mass is 199 g/mol. The highest BCUT2D eigenvalue weighted by atomic mass is 16.2. The fourth-order valence-corrected chi connectivity index (χ4v) is 1.93. The highest BCUT2D eigenvalue weighted by molar-refractivity contribution is 5.81. The summed E-state index contributed by atoms with van der Waals surface area (Å²) in [5, 5.41) is 3.12. The van der Waals surface area contributed by atoms with E-state index >= 15 is 0 Å². The topological polar surface area (TPSA) is 35.6 Å². The Hall–Kier alpha value is -0.610. The van der Waals surface area contributed by atoms with Gasteiger partial charge in [-0.05, 0) is 26.4 Å². The number of hydrogen-bond acceptors (Lipinski definition) is 3. The molecule has 0 aromatic heterocycles. The normalized spacial score (nSPS) is 22.6. The third-order valence-corrected chi connectivity index (χ3v) is 2.74. The van der Waals surface area contributed by atoms with Crippen molar-refractivity contribution in [3.05, 3.63) is 0 Å². The molecule has 0 aromatic carbocycles. The molecular weight excluding hydrogens is 178 g/mol. The van der Waals surface area contributed by atoms with Crippen LogP contribution in [0.15, 0.2) is 0 Å². The van der Waals surface area contributed by atoms with Gasteiger partial charge >= 0.3 is 0 Å². The Labute approximate surface area is 86.2 Å². The maximum absolute atomic E-state index is 11.8. The number of carbonyl (C=O) groups excluding carboxylic acids is 1. The first-order valence-electron chi connectivity index (χ1n) is 5.26. The van der Waals surface area contributed by atoms with E-state index in [9.17, 15) is 4.79 Å². The lowest BCUT2D eigenvalue weighted by atomic mass is 10.2. The largest absolute Gasteiger partial charge is 0.347 e. The maximum Gasteiger partial charge on any atom is 0.239 e. The first-order chi connectivity index (χ1) is 6.66. The average Bonchev–Trinajstić information content (AvgIpc) is 2.61. The summed E-state index contributed by atoms with van der Waals surface area (Å²) < 4.78 is 0. The molecule has 0 bridgehead atoms. The fourth-order valence-electron chi connectivity index (χ4n) is 1.93. The predicted molar refractivity (Wildman–Crippen MR) is 57.2 cm³/mol. The van der Waals surface area contributed by atoms with E-state index in [2.05, 4.69) is 10.2 Å². The summed E-state index contributed by atoms with van der Waals surface area (Å²) in [5.74, 6) is 0.249. The Morgan fingerprint density at radius 1 is 1.57 bits per heavy atom. The summed E-state index contributed by atoms with van der Waals surface area (Å²) in [6.45, 7) is 2.99. The van der Waals surface area contributed by atoms with E-state index in [1.54, 1.807) is 4.90 Å². The van der Waals surface area contributed by atoms with Gasteiger partial charge in [0.15, 0.2) is 0 Å². The molecule has 1 saturated heterocycles. The van der Waals surface area contributed by atoms with Crippen LogP contribution in [0.4, 0.5) is 0 Å². The third-order valence-electron chi connectivity index (χ3n) is 2.74. The van der Waals surface area contributed by atoms with E-state index < -0.39 is 0 Å². The van der Waals surface area contributed by atoms with E-state index in [1.807, 2.05) is 21.1 Å². The van der Waals surface area contributed by atoms with Gasteiger partial charge in [0, 0.05) is 27.2 Å². The number of amides is 1. The van der Waals surface area contributed by atoms with Crippen LogP contribution in [0.25, 0.3) is 0 Å². The Balaban J connectivity index is 2.46. The Kier molecular flexibility index (Phi) is 4.35. The lowest BCUT2D eigenvalue weighted by molar-refractivity contribution is -0.133. The number of likely N-dealkylation sites (N-methyl/N-ethyl adjacent to an activating group) is 2. The van der Waals surface area contributed by atoms with E-state index in [1.165, 1.54) is 0 Å². The van der Waals surface area contributed by atoms with Gasteiger partial charge in [0.2, 0.25) is 5.91 Å². The summed E-state index contributed by atoms with van der Waals surface area (Å²) in [7, 11) is 5.60. The first-order valence-corrected chi connectivity index (χ1v) is 5.26. The molecule has 1 N–H and O–H groups in total. The van der Waals surface area contributed by atoms with E-state index in [0.717, 1.165) is 32.5 Å². The quantitative estimate of drug-likeness (QED) is 0.678. The number of rotatable bonds is 4. The van der Waals surface area contributed by atoms with Gasteiger partial charge in [-0.2, -0.15) is 0 Å². The summed E-state index contributed by atoms with van der Waals surface area (Å²) in [6, 6.07) is 0.123. The molecule has 0 spiro atoms. The molecule has 14 heavy (non-hydrogen) atoms. The van der Waals surface area contributed by atoms with Crippen molar-refractivity contribution in [2.45, 2.75) is 18.9 Å². The molecule has 4 heteroatoms. The van der Waals surface area contributed by atoms with Gasteiger partial charge in [0.25, 0.3) is 0 Å². The maximum atomic E-state index is 11.8. The summed E-state index contributed by atoms with van der Waals surface area (Å²) in [6.07, 6.45) is 2.16. The number of likely N-dealkylation sites (tertiary alicyclic amines) is 1. The molecule has 0 unspecified atom stereocenters. The van der Waals surface area contributed by atoms with Gasteiger partial charge in [-0.25, -0.2) is 0 Å². The summed E-state index contributed by atoms with van der Waals surface area (Å²) in [5.41, 5.74) is 0. The second-order valence-corrected chi connectivity index (χ2v) is 4.03. The standard InChI is InChI=1S/C10H21N3O/c1-11-6-8-13-7-4-5-9(13)10(14)12(2)3/h9,11H,4-8H2,1-3H3/t9-/m0/s1. The predicted octanol–water partition coefficient (Wildman–Crippen LogP) is -0.242. The van der Waals surface area contributed by atoms with Gasteiger partial charge in [-0.15, -0.1) is 0 Å². The highest BCUT2D eigenvalue weighted by Crippen LogP contribution is 2.17. The SMILES string of the molecule is CNCCN1CCC[C@H]1C(=O)N(C)C. The number of carbonyl (C=O) groups is 1. The second-order valence-electron chi connectivity index (χ2n) is 4.03. The third kappa shape index (κ3) is 2.69. The molecule has 0 aliphatic carbocycles. The van der Waals surface area contributed by atoms with Crippen molar-refractivity contribution >= 4 is 5.91 Å². The molecule has 1 rings (SSSR count). The van der Waals surface area contributed by atoms with Crippen LogP contribution < -0.4 is 5.32 Å². The molecule has 0 radical (unpaired) electrons. The number of nitrogens with one attached hydrogen (secondary N) is 1. The minimum absolute atomic E-state index is 0.123. The molecule has 1 fully saturated rings. The molecule has 82 valence electrons. The minimum Gasteiger partial charge on any atom is -0.347 e. The van der Waals surface area contributed by atoms with Crippen LogP contribution in [0, 0.1) is 0 Å². The molecule has 1 heterocycles. The van der Waals surface area contributed by atoms with Crippen LogP contribution in [-0.4, -0.2) is 62.5 Å². The van der Waals surface area contributed by atoms with Gasteiger partial charge in [0.05, 0.1) is 6.04 Å². The zero-order valence-electron chi connectivity index (χ0n) is 9.42. The van der Waals surface area contributed by atoms with Crippen molar-refractivity contribution in [2.75, 3.05) is 40.8 Å². The lowest BCUT2D eigenvalue weighted by Gasteiger charge is -2.25. The Bertz CT molecular complexity index is 194. The Morgan fingerprint density at radius 3 is 2.86 bits per heavy atom. The van der Waals surface area contributed by atoms with Crippen molar-refractivity contribution in [3.8, 4) is 0 Å². The van der Waals surface area contributed by atoms with Crippen molar-refractivity contribution in [3.63, 3.8) is 0 Å². The van der Waals surface area contributed by atoms with Crippen molar-refractivity contribution in [1.29, 1.82) is 0 Å². The molecule has 1 aliphatic heterocycles. The van der Waals surface area contributed by atoms with E-state index in [-0.39, 0.29) is 11.9 Å². The fraction of sp³-hybridized carbons (Fsp3) is 0.900. The molecule has 1 aliphatic rings. The molecular formula is C10H21N3O. The van der Waals surface area contributed by atoms with Crippen LogP contribution in [0.1, 0.15) is 12.8 Å². The molecule has 1 amide bonds. The van der Waals surface area contributed by atoms with Crippen LogP contribution in [0.3, 0.4) is 0 Å². The molecule has 0 saturated carbocycles. The van der Waals surface area contributed by atoms with Gasteiger partial charge in [-0.1, -0.05) is 0 Å². The van der Waals surface area contributed by atoms with E-state index in [4.69, 9.17) is 0 Å².